The van der Waals surface area contributed by atoms with Gasteiger partial charge < -0.3 is 25.7 Å². The second-order valence-electron chi connectivity index (χ2n) is 10.1. The van der Waals surface area contributed by atoms with Crippen LogP contribution in [0.5, 0.6) is 0 Å². The molecule has 1 aliphatic heterocycles. The Balaban J connectivity index is 1.24. The van der Waals surface area contributed by atoms with Crippen LogP contribution in [-0.2, 0) is 11.3 Å². The van der Waals surface area contributed by atoms with Gasteiger partial charge in [0, 0.05) is 54.4 Å². The van der Waals surface area contributed by atoms with Crippen molar-refractivity contribution >= 4 is 45.7 Å². The highest BCUT2D eigenvalue weighted by molar-refractivity contribution is 6.09. The molecule has 0 radical (unpaired) electrons. The van der Waals surface area contributed by atoms with E-state index in [1.54, 1.807) is 18.0 Å². The number of hydrogen-bond acceptors (Lipinski definition) is 5. The third-order valence-corrected chi connectivity index (χ3v) is 7.42. The number of nitrogen functional groups attached to an aromatic ring is 1. The fraction of sp³-hybridized carbons (Fsp3) is 0.152. The zero-order chi connectivity index (χ0) is 28.3. The summed E-state index contributed by atoms with van der Waals surface area (Å²) in [4.78, 5) is 33.1. The molecule has 0 atom stereocenters. The summed E-state index contributed by atoms with van der Waals surface area (Å²) in [5.41, 5.74) is 13.5. The number of amides is 2. The average molecular weight is 546 g/mol. The van der Waals surface area contributed by atoms with Gasteiger partial charge in [-0.15, -0.1) is 0 Å². The molecule has 0 unspecified atom stereocenters. The van der Waals surface area contributed by atoms with Crippen LogP contribution in [0, 0.1) is 0 Å². The smallest absolute Gasteiger partial charge is 0.414 e. The summed E-state index contributed by atoms with van der Waals surface area (Å²) in [6.45, 7) is 1.43. The van der Waals surface area contributed by atoms with E-state index in [1.807, 2.05) is 85.1 Å². The van der Waals surface area contributed by atoms with Crippen LogP contribution >= 0.6 is 0 Å². The van der Waals surface area contributed by atoms with Gasteiger partial charge in [0.25, 0.3) is 5.91 Å². The second-order valence-corrected chi connectivity index (χ2v) is 10.1. The molecule has 4 aromatic carbocycles. The minimum absolute atomic E-state index is 0.152. The van der Waals surface area contributed by atoms with E-state index < -0.39 is 6.09 Å². The standard InChI is InChI=1S/C33H31N5O3/c1-37(33(40)41-21-22-6-3-2-4-7-22)26-10-13-30-31(20-26)38(17-5-15-35-30)32(39)25-8-11-27(28(34)19-25)23-9-12-29-24(18-23)14-16-36-29/h2-4,6-14,16,18-20,35-36H,5,15,17,21,34H2,1H3. The van der Waals surface area contributed by atoms with Crippen LogP contribution in [0.4, 0.5) is 27.5 Å². The summed E-state index contributed by atoms with van der Waals surface area (Å²) in [6.07, 6.45) is 2.20. The monoisotopic (exact) mass is 545 g/mol. The average Bonchev–Trinajstić information content (AvgIpc) is 3.37. The molecule has 0 bridgehead atoms. The summed E-state index contributed by atoms with van der Waals surface area (Å²) >= 11 is 0. The quantitative estimate of drug-likeness (QED) is 0.215. The molecule has 2 amide bonds. The highest BCUT2D eigenvalue weighted by Crippen LogP contribution is 2.35. The van der Waals surface area contributed by atoms with Crippen molar-refractivity contribution in [1.29, 1.82) is 0 Å². The highest BCUT2D eigenvalue weighted by atomic mass is 16.6. The summed E-state index contributed by atoms with van der Waals surface area (Å²) in [5, 5.41) is 4.50. The molecule has 5 aromatic rings. The Labute approximate surface area is 238 Å². The molecule has 0 aliphatic carbocycles. The van der Waals surface area contributed by atoms with Crippen molar-refractivity contribution < 1.29 is 14.3 Å². The van der Waals surface area contributed by atoms with Gasteiger partial charge in [-0.2, -0.15) is 0 Å². The van der Waals surface area contributed by atoms with Crippen molar-refractivity contribution in [1.82, 2.24) is 4.98 Å². The van der Waals surface area contributed by atoms with Gasteiger partial charge in [0.2, 0.25) is 0 Å². The molecule has 4 N–H and O–H groups in total. The van der Waals surface area contributed by atoms with E-state index in [4.69, 9.17) is 10.5 Å². The van der Waals surface area contributed by atoms with Crippen molar-refractivity contribution in [2.45, 2.75) is 13.0 Å². The Bertz CT molecular complexity index is 1730. The molecule has 0 saturated carbocycles. The number of carbonyl (C=O) groups is 2. The fourth-order valence-corrected chi connectivity index (χ4v) is 5.15. The molecule has 8 nitrogen and oxygen atoms in total. The van der Waals surface area contributed by atoms with Crippen molar-refractivity contribution in [2.24, 2.45) is 0 Å². The molecule has 6 rings (SSSR count). The first kappa shape index (κ1) is 26.0. The number of nitrogens with two attached hydrogens (primary N) is 1. The molecule has 1 aromatic heterocycles. The predicted octanol–water partition coefficient (Wildman–Crippen LogP) is 6.65. The van der Waals surface area contributed by atoms with Crippen molar-refractivity contribution in [3.63, 3.8) is 0 Å². The van der Waals surface area contributed by atoms with Crippen LogP contribution in [0.2, 0.25) is 0 Å². The van der Waals surface area contributed by atoms with Gasteiger partial charge in [0.1, 0.15) is 6.61 Å². The fourth-order valence-electron chi connectivity index (χ4n) is 5.15. The molecule has 0 saturated heterocycles. The van der Waals surface area contributed by atoms with Gasteiger partial charge >= 0.3 is 6.09 Å². The first-order chi connectivity index (χ1) is 20.0. The van der Waals surface area contributed by atoms with E-state index in [2.05, 4.69) is 16.4 Å². The van der Waals surface area contributed by atoms with E-state index >= 15 is 0 Å². The molecule has 8 heteroatoms. The van der Waals surface area contributed by atoms with Gasteiger partial charge in [-0.25, -0.2) is 4.79 Å². The first-order valence-electron chi connectivity index (χ1n) is 13.6. The third-order valence-electron chi connectivity index (χ3n) is 7.42. The minimum atomic E-state index is -0.477. The van der Waals surface area contributed by atoms with E-state index in [0.29, 0.717) is 29.2 Å². The number of carbonyl (C=O) groups excluding carboxylic acids is 2. The zero-order valence-electron chi connectivity index (χ0n) is 22.8. The van der Waals surface area contributed by atoms with Crippen LogP contribution in [0.25, 0.3) is 22.0 Å². The first-order valence-corrected chi connectivity index (χ1v) is 13.6. The number of fused-ring (bicyclic) bond motifs is 2. The molecule has 0 spiro atoms. The lowest BCUT2D eigenvalue weighted by Gasteiger charge is -2.25. The van der Waals surface area contributed by atoms with Gasteiger partial charge in [-0.05, 0) is 71.5 Å². The Kier molecular flexibility index (Phi) is 7.04. The lowest BCUT2D eigenvalue weighted by atomic mass is 10.00. The van der Waals surface area contributed by atoms with E-state index in [9.17, 15) is 9.59 Å². The molecule has 206 valence electrons. The normalized spacial score (nSPS) is 12.8. The second kappa shape index (κ2) is 11.1. The maximum atomic E-state index is 13.9. The summed E-state index contributed by atoms with van der Waals surface area (Å²) in [5.74, 6) is -0.152. The molecular formula is C33H31N5O3. The molecule has 41 heavy (non-hydrogen) atoms. The maximum absolute atomic E-state index is 13.9. The van der Waals surface area contributed by atoms with Crippen molar-refractivity contribution in [3.8, 4) is 11.1 Å². The Morgan fingerprint density at radius 3 is 2.66 bits per heavy atom. The largest absolute Gasteiger partial charge is 0.444 e. The van der Waals surface area contributed by atoms with Crippen LogP contribution in [-0.4, -0.2) is 37.1 Å². The maximum Gasteiger partial charge on any atom is 0.414 e. The molecular weight excluding hydrogens is 514 g/mol. The zero-order valence-corrected chi connectivity index (χ0v) is 22.8. The number of ether oxygens (including phenoxy) is 1. The van der Waals surface area contributed by atoms with Crippen LogP contribution < -0.4 is 20.9 Å². The lowest BCUT2D eigenvalue weighted by Crippen LogP contribution is -2.32. The summed E-state index contributed by atoms with van der Waals surface area (Å²) < 4.78 is 5.51. The minimum Gasteiger partial charge on any atom is -0.444 e. The number of nitrogens with one attached hydrogen (secondary N) is 2. The van der Waals surface area contributed by atoms with Crippen molar-refractivity contribution in [3.05, 3.63) is 108 Å². The molecule has 1 aliphatic rings. The number of rotatable bonds is 5. The van der Waals surface area contributed by atoms with Gasteiger partial charge in [-0.3, -0.25) is 9.69 Å². The number of hydrogen-bond donors (Lipinski definition) is 3. The van der Waals surface area contributed by atoms with Crippen LogP contribution in [0.3, 0.4) is 0 Å². The molecule has 2 heterocycles. The molecule has 0 fully saturated rings. The van der Waals surface area contributed by atoms with E-state index in [-0.39, 0.29) is 12.5 Å². The van der Waals surface area contributed by atoms with E-state index in [0.717, 1.165) is 46.2 Å². The SMILES string of the molecule is CN(C(=O)OCc1ccccc1)c1ccc2c(c1)N(C(=O)c1ccc(-c3ccc4[nH]ccc4c3)c(N)c1)CCCN2. The highest BCUT2D eigenvalue weighted by Gasteiger charge is 2.25. The van der Waals surface area contributed by atoms with Gasteiger partial charge in [0.05, 0.1) is 11.4 Å². The Morgan fingerprint density at radius 2 is 1.83 bits per heavy atom. The number of benzene rings is 4. The lowest BCUT2D eigenvalue weighted by molar-refractivity contribution is 0.0987. The third kappa shape index (κ3) is 5.32. The predicted molar refractivity (Wildman–Crippen MR) is 164 cm³/mol. The van der Waals surface area contributed by atoms with Gasteiger partial charge in [-0.1, -0.05) is 42.5 Å². The number of H-pyrrole nitrogens is 1. The van der Waals surface area contributed by atoms with Crippen molar-refractivity contribution in [2.75, 3.05) is 41.0 Å². The van der Waals surface area contributed by atoms with Crippen LogP contribution in [0.15, 0.2) is 97.2 Å². The van der Waals surface area contributed by atoms with Gasteiger partial charge in [0.15, 0.2) is 0 Å². The Morgan fingerprint density at radius 1 is 0.976 bits per heavy atom. The number of aromatic amines is 1. The number of nitrogens with zero attached hydrogens (tertiary/aromatic N) is 2. The van der Waals surface area contributed by atoms with Crippen LogP contribution in [0.1, 0.15) is 22.3 Å². The number of anilines is 4. The Hall–Kier alpha value is -5.24. The van der Waals surface area contributed by atoms with E-state index in [1.165, 1.54) is 4.90 Å². The number of aromatic nitrogens is 1. The topological polar surface area (TPSA) is 104 Å². The summed E-state index contributed by atoms with van der Waals surface area (Å²) in [6, 6.07) is 28.7. The summed E-state index contributed by atoms with van der Waals surface area (Å²) in [7, 11) is 1.66.